The zero-order chi connectivity index (χ0) is 10.8. The van der Waals surface area contributed by atoms with Crippen LogP contribution in [-0.4, -0.2) is 21.3 Å². The molecule has 0 amide bonds. The number of nitrogens with zero attached hydrogens (tertiary/aromatic N) is 2. The summed E-state index contributed by atoms with van der Waals surface area (Å²) in [6.07, 6.45) is 0. The van der Waals surface area contributed by atoms with E-state index in [0.29, 0.717) is 6.54 Å². The highest BCUT2D eigenvalue weighted by Crippen LogP contribution is 2.19. The number of rotatable bonds is 3. The van der Waals surface area contributed by atoms with Crippen LogP contribution in [-0.2, 0) is 6.54 Å². The molecule has 4 heteroatoms. The van der Waals surface area contributed by atoms with Gasteiger partial charge in [0.25, 0.3) is 0 Å². The minimum Gasteiger partial charge on any atom is -0.395 e. The molecule has 0 saturated carbocycles. The van der Waals surface area contributed by atoms with Gasteiger partial charge in [-0.1, -0.05) is 12.1 Å². The molecule has 3 N–H and O–H groups in total. The molecule has 0 spiro atoms. The summed E-state index contributed by atoms with van der Waals surface area (Å²) in [7, 11) is 0. The lowest BCUT2D eigenvalue weighted by Crippen LogP contribution is -2.14. The van der Waals surface area contributed by atoms with Gasteiger partial charge in [-0.3, -0.25) is 0 Å². The first-order chi connectivity index (χ1) is 7.24. The summed E-state index contributed by atoms with van der Waals surface area (Å²) in [5, 5.41) is 9.01. The third-order valence-corrected chi connectivity index (χ3v) is 2.41. The van der Waals surface area contributed by atoms with Gasteiger partial charge < -0.3 is 15.4 Å². The predicted molar refractivity (Wildman–Crippen MR) is 59.4 cm³/mol. The Bertz CT molecular complexity index is 462. The van der Waals surface area contributed by atoms with Gasteiger partial charge in [-0.2, -0.15) is 0 Å². The molecule has 15 heavy (non-hydrogen) atoms. The first-order valence-corrected chi connectivity index (χ1v) is 5.05. The summed E-state index contributed by atoms with van der Waals surface area (Å²) in [6.45, 7) is 2.53. The molecule has 0 unspecified atom stereocenters. The molecule has 1 heterocycles. The van der Waals surface area contributed by atoms with E-state index in [1.165, 1.54) is 0 Å². The fourth-order valence-electron chi connectivity index (χ4n) is 1.78. The van der Waals surface area contributed by atoms with E-state index in [-0.39, 0.29) is 12.6 Å². The molecule has 0 radical (unpaired) electrons. The largest absolute Gasteiger partial charge is 0.395 e. The minimum atomic E-state index is -0.121. The number of aliphatic hydroxyl groups is 1. The molecule has 1 aromatic carbocycles. The maximum atomic E-state index is 9.01. The SMILES string of the molecule is C[C@@H](N)c1nc2ccccc2n1CCO. The smallest absolute Gasteiger partial charge is 0.126 e. The third-order valence-electron chi connectivity index (χ3n) is 2.41. The molecule has 0 fully saturated rings. The topological polar surface area (TPSA) is 64.1 Å². The number of benzene rings is 1. The maximum Gasteiger partial charge on any atom is 0.126 e. The van der Waals surface area contributed by atoms with Crippen molar-refractivity contribution in [3.63, 3.8) is 0 Å². The first kappa shape index (κ1) is 10.1. The Hall–Kier alpha value is -1.39. The lowest BCUT2D eigenvalue weighted by molar-refractivity contribution is 0.275. The van der Waals surface area contributed by atoms with Crippen LogP contribution < -0.4 is 5.73 Å². The van der Waals surface area contributed by atoms with Gasteiger partial charge in [0.05, 0.1) is 23.7 Å². The van der Waals surface area contributed by atoms with Crippen LogP contribution >= 0.6 is 0 Å². The maximum absolute atomic E-state index is 9.01. The fourth-order valence-corrected chi connectivity index (χ4v) is 1.78. The van der Waals surface area contributed by atoms with Crippen LogP contribution in [0.25, 0.3) is 11.0 Å². The van der Waals surface area contributed by atoms with Crippen LogP contribution in [0.2, 0.25) is 0 Å². The molecule has 2 aromatic rings. The Morgan fingerprint density at radius 1 is 1.47 bits per heavy atom. The number of hydrogen-bond acceptors (Lipinski definition) is 3. The minimum absolute atomic E-state index is 0.0973. The van der Waals surface area contributed by atoms with Gasteiger partial charge in [0.1, 0.15) is 5.82 Å². The number of fused-ring (bicyclic) bond motifs is 1. The Balaban J connectivity index is 2.63. The highest BCUT2D eigenvalue weighted by Gasteiger charge is 2.12. The van der Waals surface area contributed by atoms with E-state index in [0.717, 1.165) is 16.9 Å². The van der Waals surface area contributed by atoms with Gasteiger partial charge in [-0.25, -0.2) is 4.98 Å². The Morgan fingerprint density at radius 3 is 2.87 bits per heavy atom. The molecule has 1 aromatic heterocycles. The fraction of sp³-hybridized carbons (Fsp3) is 0.364. The Kier molecular flexibility index (Phi) is 2.70. The molecule has 1 atom stereocenters. The number of nitrogens with two attached hydrogens (primary N) is 1. The quantitative estimate of drug-likeness (QED) is 0.787. The molecule has 2 rings (SSSR count). The standard InChI is InChI=1S/C11H15N3O/c1-8(12)11-13-9-4-2-3-5-10(9)14(11)6-7-15/h2-5,8,15H,6-7,12H2,1H3/t8-/m1/s1. The van der Waals surface area contributed by atoms with Gasteiger partial charge >= 0.3 is 0 Å². The molecule has 0 aliphatic rings. The Labute approximate surface area is 88.3 Å². The summed E-state index contributed by atoms with van der Waals surface area (Å²) in [4.78, 5) is 4.46. The number of hydrogen-bond donors (Lipinski definition) is 2. The van der Waals surface area contributed by atoms with E-state index in [4.69, 9.17) is 10.8 Å². The Morgan fingerprint density at radius 2 is 2.20 bits per heavy atom. The molecule has 4 nitrogen and oxygen atoms in total. The zero-order valence-corrected chi connectivity index (χ0v) is 8.72. The molecule has 80 valence electrons. The lowest BCUT2D eigenvalue weighted by atomic mass is 10.3. The van der Waals surface area contributed by atoms with Crippen molar-refractivity contribution in [2.45, 2.75) is 19.5 Å². The van der Waals surface area contributed by atoms with E-state index >= 15 is 0 Å². The van der Waals surface area contributed by atoms with E-state index in [1.807, 2.05) is 35.8 Å². The van der Waals surface area contributed by atoms with E-state index < -0.39 is 0 Å². The van der Waals surface area contributed by atoms with Gasteiger partial charge in [-0.05, 0) is 19.1 Å². The summed E-state index contributed by atoms with van der Waals surface area (Å²) in [5.41, 5.74) is 7.80. The molecule has 0 aliphatic carbocycles. The van der Waals surface area contributed by atoms with Gasteiger partial charge in [0, 0.05) is 6.54 Å². The van der Waals surface area contributed by atoms with E-state index in [1.54, 1.807) is 0 Å². The summed E-state index contributed by atoms with van der Waals surface area (Å²) >= 11 is 0. The number of aromatic nitrogens is 2. The summed E-state index contributed by atoms with van der Waals surface area (Å²) in [5.74, 6) is 0.824. The van der Waals surface area contributed by atoms with Crippen molar-refractivity contribution >= 4 is 11.0 Å². The number of aliphatic hydroxyl groups excluding tert-OH is 1. The number of imidazole rings is 1. The van der Waals surface area contributed by atoms with Crippen LogP contribution in [0.3, 0.4) is 0 Å². The second-order valence-electron chi connectivity index (χ2n) is 3.62. The first-order valence-electron chi connectivity index (χ1n) is 5.05. The lowest BCUT2D eigenvalue weighted by Gasteiger charge is -2.09. The third kappa shape index (κ3) is 1.73. The van der Waals surface area contributed by atoms with Crippen LogP contribution in [0.5, 0.6) is 0 Å². The van der Waals surface area contributed by atoms with Crippen LogP contribution in [0, 0.1) is 0 Å². The summed E-state index contributed by atoms with van der Waals surface area (Å²) in [6, 6.07) is 7.73. The van der Waals surface area contributed by atoms with Crippen molar-refractivity contribution in [3.05, 3.63) is 30.1 Å². The highest BCUT2D eigenvalue weighted by atomic mass is 16.3. The van der Waals surface area contributed by atoms with Gasteiger partial charge in [-0.15, -0.1) is 0 Å². The van der Waals surface area contributed by atoms with E-state index in [2.05, 4.69) is 4.98 Å². The monoisotopic (exact) mass is 205 g/mol. The molecular formula is C11H15N3O. The zero-order valence-electron chi connectivity index (χ0n) is 8.72. The predicted octanol–water partition coefficient (Wildman–Crippen LogP) is 1.05. The van der Waals surface area contributed by atoms with Crippen molar-refractivity contribution in [3.8, 4) is 0 Å². The normalized spacial score (nSPS) is 13.3. The average Bonchev–Trinajstić information content (AvgIpc) is 2.58. The molecular weight excluding hydrogens is 190 g/mol. The van der Waals surface area contributed by atoms with Crippen molar-refractivity contribution in [1.29, 1.82) is 0 Å². The molecule has 0 aliphatic heterocycles. The molecule has 0 bridgehead atoms. The molecule has 0 saturated heterocycles. The van der Waals surface area contributed by atoms with Crippen molar-refractivity contribution in [2.24, 2.45) is 5.73 Å². The van der Waals surface area contributed by atoms with E-state index in [9.17, 15) is 0 Å². The van der Waals surface area contributed by atoms with Gasteiger partial charge in [0.2, 0.25) is 0 Å². The van der Waals surface area contributed by atoms with Gasteiger partial charge in [0.15, 0.2) is 0 Å². The van der Waals surface area contributed by atoms with Crippen LogP contribution in [0.4, 0.5) is 0 Å². The second kappa shape index (κ2) is 4.00. The average molecular weight is 205 g/mol. The van der Waals surface area contributed by atoms with Crippen molar-refractivity contribution in [1.82, 2.24) is 9.55 Å². The van der Waals surface area contributed by atoms with Crippen LogP contribution in [0.15, 0.2) is 24.3 Å². The van der Waals surface area contributed by atoms with Crippen LogP contribution in [0.1, 0.15) is 18.8 Å². The highest BCUT2D eigenvalue weighted by molar-refractivity contribution is 5.76. The van der Waals surface area contributed by atoms with Crippen molar-refractivity contribution < 1.29 is 5.11 Å². The van der Waals surface area contributed by atoms with Crippen molar-refractivity contribution in [2.75, 3.05) is 6.61 Å². The number of para-hydroxylation sites is 2. The second-order valence-corrected chi connectivity index (χ2v) is 3.62. The summed E-state index contributed by atoms with van der Waals surface area (Å²) < 4.78 is 1.97.